The lowest BCUT2D eigenvalue weighted by Crippen LogP contribution is -2.24. The minimum absolute atomic E-state index is 0.150. The Kier molecular flexibility index (Phi) is 3.85. The topological polar surface area (TPSA) is 64.7 Å². The molecule has 0 aliphatic rings. The number of aryl methyl sites for hydroxylation is 3. The zero-order valence-electron chi connectivity index (χ0n) is 12.2. The van der Waals surface area contributed by atoms with Gasteiger partial charge in [0.15, 0.2) is 0 Å². The number of carbonyl (C=O) groups excluding carboxylic acids is 1. The minimum atomic E-state index is -0.444. The maximum atomic E-state index is 12.3. The van der Waals surface area contributed by atoms with Crippen LogP contribution in [0.1, 0.15) is 30.0 Å². The molecule has 0 aromatic carbocycles. The van der Waals surface area contributed by atoms with Crippen LogP contribution in [-0.2, 0) is 11.8 Å². The summed E-state index contributed by atoms with van der Waals surface area (Å²) in [6.45, 7) is 7.36. The van der Waals surface area contributed by atoms with Crippen LogP contribution in [0.5, 0.6) is 0 Å². The first kappa shape index (κ1) is 14.6. The van der Waals surface area contributed by atoms with E-state index in [0.717, 1.165) is 17.1 Å². The molecule has 0 bridgehead atoms. The number of anilines is 1. The first-order valence-electron chi connectivity index (χ1n) is 6.33. The number of rotatable bonds is 3. The van der Waals surface area contributed by atoms with Gasteiger partial charge in [0.05, 0.1) is 27.8 Å². The number of nitrogens with zero attached hydrogens (tertiary/aromatic N) is 4. The van der Waals surface area contributed by atoms with E-state index in [1.165, 1.54) is 0 Å². The summed E-state index contributed by atoms with van der Waals surface area (Å²) in [5, 5.41) is 12.0. The second-order valence-corrected chi connectivity index (χ2v) is 5.28. The minimum Gasteiger partial charge on any atom is -0.321 e. The van der Waals surface area contributed by atoms with Crippen LogP contribution in [0.25, 0.3) is 0 Å². The van der Waals surface area contributed by atoms with Crippen LogP contribution in [0.2, 0.25) is 5.02 Å². The summed E-state index contributed by atoms with van der Waals surface area (Å²) in [6, 6.07) is -0.444. The van der Waals surface area contributed by atoms with Crippen molar-refractivity contribution in [3.63, 3.8) is 0 Å². The van der Waals surface area contributed by atoms with Crippen LogP contribution >= 0.6 is 11.6 Å². The van der Waals surface area contributed by atoms with Gasteiger partial charge < -0.3 is 5.32 Å². The van der Waals surface area contributed by atoms with Crippen molar-refractivity contribution in [1.82, 2.24) is 19.6 Å². The number of hydrogen-bond donors (Lipinski definition) is 1. The molecular formula is C13H18ClN5O. The summed E-state index contributed by atoms with van der Waals surface area (Å²) in [5.74, 6) is -0.150. The normalized spacial score (nSPS) is 12.5. The predicted octanol–water partition coefficient (Wildman–Crippen LogP) is 2.39. The molecule has 0 aliphatic carbocycles. The smallest absolute Gasteiger partial charge is 0.249 e. The molecule has 0 radical (unpaired) electrons. The maximum absolute atomic E-state index is 12.3. The van der Waals surface area contributed by atoms with E-state index in [1.807, 2.05) is 20.9 Å². The third-order valence-electron chi connectivity index (χ3n) is 3.39. The molecule has 0 saturated heterocycles. The first-order chi connectivity index (χ1) is 9.31. The third-order valence-corrected chi connectivity index (χ3v) is 3.76. The molecule has 2 aromatic rings. The molecule has 2 rings (SSSR count). The fourth-order valence-corrected chi connectivity index (χ4v) is 2.10. The van der Waals surface area contributed by atoms with Crippen LogP contribution in [-0.4, -0.2) is 25.5 Å². The highest BCUT2D eigenvalue weighted by Gasteiger charge is 2.20. The molecule has 0 aliphatic heterocycles. The highest BCUT2D eigenvalue weighted by atomic mass is 35.5. The van der Waals surface area contributed by atoms with Gasteiger partial charge in [-0.1, -0.05) is 11.6 Å². The molecule has 0 spiro atoms. The molecule has 1 amide bonds. The average molecular weight is 296 g/mol. The van der Waals surface area contributed by atoms with E-state index in [0.29, 0.717) is 10.7 Å². The Hall–Kier alpha value is -1.82. The molecule has 1 N–H and O–H groups in total. The molecule has 1 atom stereocenters. The Bertz CT molecular complexity index is 639. The second-order valence-electron chi connectivity index (χ2n) is 4.88. The van der Waals surface area contributed by atoms with Crippen LogP contribution in [0.3, 0.4) is 0 Å². The van der Waals surface area contributed by atoms with Crippen LogP contribution in [0.15, 0.2) is 6.20 Å². The van der Waals surface area contributed by atoms with E-state index in [4.69, 9.17) is 11.6 Å². The van der Waals surface area contributed by atoms with E-state index in [1.54, 1.807) is 29.4 Å². The van der Waals surface area contributed by atoms with Gasteiger partial charge in [0, 0.05) is 13.2 Å². The SMILES string of the molecule is Cc1nn(C(C)C(=O)Nc2c(C)nn(C)c2C)cc1Cl. The van der Waals surface area contributed by atoms with Gasteiger partial charge in [0.25, 0.3) is 0 Å². The van der Waals surface area contributed by atoms with E-state index in [-0.39, 0.29) is 5.91 Å². The number of aromatic nitrogens is 4. The van der Waals surface area contributed by atoms with Gasteiger partial charge in [0.1, 0.15) is 6.04 Å². The Morgan fingerprint density at radius 2 is 1.95 bits per heavy atom. The third kappa shape index (κ3) is 2.56. The van der Waals surface area contributed by atoms with Gasteiger partial charge in [-0.15, -0.1) is 0 Å². The Balaban J connectivity index is 2.19. The quantitative estimate of drug-likeness (QED) is 0.945. The molecular weight excluding hydrogens is 278 g/mol. The monoisotopic (exact) mass is 295 g/mol. The molecule has 0 saturated carbocycles. The Labute approximate surface area is 122 Å². The highest BCUT2D eigenvalue weighted by molar-refractivity contribution is 6.31. The standard InChI is InChI=1S/C13H18ClN5O/c1-7-11(14)6-19(17-7)10(4)13(20)15-12-8(2)16-18(5)9(12)3/h6,10H,1-5H3,(H,15,20). The fraction of sp³-hybridized carbons (Fsp3) is 0.462. The second kappa shape index (κ2) is 5.28. The predicted molar refractivity (Wildman–Crippen MR) is 78.0 cm³/mol. The van der Waals surface area contributed by atoms with Crippen LogP contribution in [0, 0.1) is 20.8 Å². The lowest BCUT2D eigenvalue weighted by molar-refractivity contribution is -0.119. The summed E-state index contributed by atoms with van der Waals surface area (Å²) in [7, 11) is 1.85. The highest BCUT2D eigenvalue weighted by Crippen LogP contribution is 2.21. The number of amides is 1. The number of carbonyl (C=O) groups is 1. The zero-order valence-corrected chi connectivity index (χ0v) is 13.0. The van der Waals surface area contributed by atoms with E-state index in [2.05, 4.69) is 15.5 Å². The van der Waals surface area contributed by atoms with Gasteiger partial charge in [-0.3, -0.25) is 14.2 Å². The van der Waals surface area contributed by atoms with E-state index < -0.39 is 6.04 Å². The van der Waals surface area contributed by atoms with Crippen molar-refractivity contribution in [3.8, 4) is 0 Å². The first-order valence-corrected chi connectivity index (χ1v) is 6.71. The zero-order chi connectivity index (χ0) is 15.0. The molecule has 2 heterocycles. The molecule has 20 heavy (non-hydrogen) atoms. The average Bonchev–Trinajstić information content (AvgIpc) is 2.83. The van der Waals surface area contributed by atoms with Gasteiger partial charge in [-0.25, -0.2) is 0 Å². The van der Waals surface area contributed by atoms with Crippen molar-refractivity contribution >= 4 is 23.2 Å². The van der Waals surface area contributed by atoms with Crippen molar-refractivity contribution in [2.75, 3.05) is 5.32 Å². The van der Waals surface area contributed by atoms with Crippen molar-refractivity contribution in [2.24, 2.45) is 7.05 Å². The maximum Gasteiger partial charge on any atom is 0.249 e. The summed E-state index contributed by atoms with van der Waals surface area (Å²) in [4.78, 5) is 12.3. The lowest BCUT2D eigenvalue weighted by Gasteiger charge is -2.13. The molecule has 6 nitrogen and oxygen atoms in total. The van der Waals surface area contributed by atoms with Gasteiger partial charge in [0.2, 0.25) is 5.91 Å². The fourth-order valence-electron chi connectivity index (χ4n) is 1.96. The summed E-state index contributed by atoms with van der Waals surface area (Å²) in [6.07, 6.45) is 1.66. The largest absolute Gasteiger partial charge is 0.321 e. The van der Waals surface area contributed by atoms with Gasteiger partial charge in [-0.05, 0) is 27.7 Å². The van der Waals surface area contributed by atoms with Crippen LogP contribution in [0.4, 0.5) is 5.69 Å². The van der Waals surface area contributed by atoms with Crippen molar-refractivity contribution in [3.05, 3.63) is 28.3 Å². The number of halogens is 1. The summed E-state index contributed by atoms with van der Waals surface area (Å²) in [5.41, 5.74) is 3.16. The lowest BCUT2D eigenvalue weighted by atomic mass is 10.2. The molecule has 2 aromatic heterocycles. The number of hydrogen-bond acceptors (Lipinski definition) is 3. The van der Waals surface area contributed by atoms with Gasteiger partial charge in [-0.2, -0.15) is 10.2 Å². The van der Waals surface area contributed by atoms with Crippen molar-refractivity contribution < 1.29 is 4.79 Å². The molecule has 1 unspecified atom stereocenters. The van der Waals surface area contributed by atoms with Gasteiger partial charge >= 0.3 is 0 Å². The molecule has 7 heteroatoms. The summed E-state index contributed by atoms with van der Waals surface area (Å²) >= 11 is 5.96. The summed E-state index contributed by atoms with van der Waals surface area (Å²) < 4.78 is 3.30. The number of nitrogens with one attached hydrogen (secondary N) is 1. The Morgan fingerprint density at radius 1 is 1.30 bits per heavy atom. The van der Waals surface area contributed by atoms with Crippen molar-refractivity contribution in [1.29, 1.82) is 0 Å². The van der Waals surface area contributed by atoms with Crippen LogP contribution < -0.4 is 5.32 Å². The Morgan fingerprint density at radius 3 is 2.40 bits per heavy atom. The molecule has 0 fully saturated rings. The molecule has 108 valence electrons. The van der Waals surface area contributed by atoms with E-state index >= 15 is 0 Å². The van der Waals surface area contributed by atoms with Crippen molar-refractivity contribution in [2.45, 2.75) is 33.7 Å². The van der Waals surface area contributed by atoms with E-state index in [9.17, 15) is 4.79 Å².